The predicted molar refractivity (Wildman–Crippen MR) is 63.5 cm³/mol. The van der Waals surface area contributed by atoms with E-state index in [4.69, 9.17) is 5.26 Å². The van der Waals surface area contributed by atoms with Crippen molar-refractivity contribution in [1.29, 1.82) is 5.26 Å². The predicted octanol–water partition coefficient (Wildman–Crippen LogP) is 3.24. The lowest BCUT2D eigenvalue weighted by atomic mass is 10.1. The van der Waals surface area contributed by atoms with E-state index >= 15 is 0 Å². The lowest BCUT2D eigenvalue weighted by Crippen LogP contribution is -2.32. The summed E-state index contributed by atoms with van der Waals surface area (Å²) in [6.07, 6.45) is 10.2. The first-order chi connectivity index (χ1) is 7.38. The van der Waals surface area contributed by atoms with Crippen LogP contribution in [0.1, 0.15) is 58.3 Å². The molecule has 0 saturated heterocycles. The Balaban J connectivity index is 1.98. The van der Waals surface area contributed by atoms with E-state index in [2.05, 4.69) is 18.3 Å². The van der Waals surface area contributed by atoms with Gasteiger partial charge in [-0.15, -0.1) is 0 Å². The number of rotatable bonds is 7. The second-order valence-corrected chi connectivity index (χ2v) is 4.64. The zero-order valence-electron chi connectivity index (χ0n) is 9.97. The summed E-state index contributed by atoms with van der Waals surface area (Å²) in [7, 11) is 0. The van der Waals surface area contributed by atoms with Crippen LogP contribution in [0.2, 0.25) is 0 Å². The van der Waals surface area contributed by atoms with E-state index in [1.165, 1.54) is 44.9 Å². The zero-order valence-corrected chi connectivity index (χ0v) is 9.97. The van der Waals surface area contributed by atoms with E-state index in [1.54, 1.807) is 0 Å². The molecule has 15 heavy (non-hydrogen) atoms. The molecule has 1 saturated carbocycles. The average molecular weight is 208 g/mol. The third-order valence-electron chi connectivity index (χ3n) is 3.37. The Morgan fingerprint density at radius 2 is 2.00 bits per heavy atom. The molecule has 0 aromatic rings. The quantitative estimate of drug-likeness (QED) is 0.652. The molecule has 2 unspecified atom stereocenters. The third-order valence-corrected chi connectivity index (χ3v) is 3.37. The summed E-state index contributed by atoms with van der Waals surface area (Å²) in [5.41, 5.74) is 0. The van der Waals surface area contributed by atoms with E-state index in [0.717, 1.165) is 13.0 Å². The molecule has 0 bridgehead atoms. The highest BCUT2D eigenvalue weighted by molar-refractivity contribution is 4.96. The fourth-order valence-corrected chi connectivity index (χ4v) is 2.37. The highest BCUT2D eigenvalue weighted by Gasteiger charge is 2.25. The van der Waals surface area contributed by atoms with Gasteiger partial charge in [0.25, 0.3) is 0 Å². The molecule has 2 heteroatoms. The highest BCUT2D eigenvalue weighted by Crippen LogP contribution is 2.24. The van der Waals surface area contributed by atoms with Gasteiger partial charge in [0, 0.05) is 6.04 Å². The second kappa shape index (κ2) is 7.70. The van der Waals surface area contributed by atoms with Gasteiger partial charge in [0.2, 0.25) is 0 Å². The molecule has 0 aromatic heterocycles. The fourth-order valence-electron chi connectivity index (χ4n) is 2.37. The lowest BCUT2D eigenvalue weighted by molar-refractivity contribution is 0.452. The maximum Gasteiger partial charge on any atom is 0.0672 e. The first kappa shape index (κ1) is 12.5. The Kier molecular flexibility index (Phi) is 6.43. The summed E-state index contributed by atoms with van der Waals surface area (Å²) in [4.78, 5) is 0. The second-order valence-electron chi connectivity index (χ2n) is 4.64. The van der Waals surface area contributed by atoms with Crippen LogP contribution < -0.4 is 5.32 Å². The van der Waals surface area contributed by atoms with Crippen molar-refractivity contribution in [2.75, 3.05) is 6.54 Å². The van der Waals surface area contributed by atoms with Crippen molar-refractivity contribution in [3.63, 3.8) is 0 Å². The van der Waals surface area contributed by atoms with E-state index in [1.807, 2.05) is 0 Å². The van der Waals surface area contributed by atoms with Gasteiger partial charge in [0.1, 0.15) is 0 Å². The standard InChI is InChI=1S/C13H24N2/c1-2-3-4-5-6-10-15-13-9-7-8-12(13)11-14/h12-13,15H,2-10H2,1H3. The van der Waals surface area contributed by atoms with Crippen LogP contribution in [0.5, 0.6) is 0 Å². The molecule has 0 aliphatic heterocycles. The Hall–Kier alpha value is -0.550. The molecule has 1 aliphatic carbocycles. The first-order valence-corrected chi connectivity index (χ1v) is 6.51. The van der Waals surface area contributed by atoms with Crippen molar-refractivity contribution >= 4 is 0 Å². The van der Waals surface area contributed by atoms with Crippen molar-refractivity contribution in [2.24, 2.45) is 5.92 Å². The molecule has 2 nitrogen and oxygen atoms in total. The minimum atomic E-state index is 0.278. The Morgan fingerprint density at radius 1 is 1.20 bits per heavy atom. The Bertz CT molecular complexity index is 195. The number of unbranched alkanes of at least 4 members (excludes halogenated alkanes) is 4. The van der Waals surface area contributed by atoms with Crippen molar-refractivity contribution < 1.29 is 0 Å². The summed E-state index contributed by atoms with van der Waals surface area (Å²) < 4.78 is 0. The SMILES string of the molecule is CCCCCCCNC1CCCC1C#N. The van der Waals surface area contributed by atoms with Gasteiger partial charge < -0.3 is 5.32 Å². The topological polar surface area (TPSA) is 35.8 Å². The summed E-state index contributed by atoms with van der Waals surface area (Å²) in [5, 5.41) is 12.5. The van der Waals surface area contributed by atoms with Crippen LogP contribution in [0, 0.1) is 17.2 Å². The molecule has 0 amide bonds. The maximum atomic E-state index is 8.92. The summed E-state index contributed by atoms with van der Waals surface area (Å²) in [6.45, 7) is 3.35. The van der Waals surface area contributed by atoms with Gasteiger partial charge >= 0.3 is 0 Å². The van der Waals surface area contributed by atoms with Crippen LogP contribution in [-0.4, -0.2) is 12.6 Å². The van der Waals surface area contributed by atoms with E-state index in [9.17, 15) is 0 Å². The molecule has 0 spiro atoms. The van der Waals surface area contributed by atoms with Crippen molar-refractivity contribution in [2.45, 2.75) is 64.3 Å². The smallest absolute Gasteiger partial charge is 0.0672 e. The minimum Gasteiger partial charge on any atom is -0.313 e. The van der Waals surface area contributed by atoms with Gasteiger partial charge in [-0.25, -0.2) is 0 Å². The minimum absolute atomic E-state index is 0.278. The Morgan fingerprint density at radius 3 is 2.73 bits per heavy atom. The van der Waals surface area contributed by atoms with Crippen molar-refractivity contribution in [3.8, 4) is 6.07 Å². The number of nitriles is 1. The van der Waals surface area contributed by atoms with E-state index in [0.29, 0.717) is 6.04 Å². The van der Waals surface area contributed by atoms with Crippen molar-refractivity contribution in [1.82, 2.24) is 5.32 Å². The normalized spacial score (nSPS) is 25.3. The lowest BCUT2D eigenvalue weighted by Gasteiger charge is -2.15. The number of hydrogen-bond acceptors (Lipinski definition) is 2. The average Bonchev–Trinajstić information content (AvgIpc) is 2.70. The summed E-state index contributed by atoms with van der Waals surface area (Å²) >= 11 is 0. The van der Waals surface area contributed by atoms with Gasteiger partial charge in [-0.2, -0.15) is 5.26 Å². The monoisotopic (exact) mass is 208 g/mol. The van der Waals surface area contributed by atoms with Gasteiger partial charge in [0.15, 0.2) is 0 Å². The number of hydrogen-bond donors (Lipinski definition) is 1. The molecule has 1 rings (SSSR count). The molecule has 1 N–H and O–H groups in total. The molecule has 0 aromatic carbocycles. The number of nitrogens with one attached hydrogen (secondary N) is 1. The van der Waals surface area contributed by atoms with Crippen LogP contribution in [0.25, 0.3) is 0 Å². The molecule has 1 fully saturated rings. The van der Waals surface area contributed by atoms with Crippen molar-refractivity contribution in [3.05, 3.63) is 0 Å². The molecule has 1 aliphatic rings. The largest absolute Gasteiger partial charge is 0.313 e. The molecule has 0 radical (unpaired) electrons. The Labute approximate surface area is 94.1 Å². The van der Waals surface area contributed by atoms with Gasteiger partial charge in [0.05, 0.1) is 12.0 Å². The van der Waals surface area contributed by atoms with Gasteiger partial charge in [-0.05, 0) is 25.8 Å². The first-order valence-electron chi connectivity index (χ1n) is 6.51. The summed E-state index contributed by atoms with van der Waals surface area (Å²) in [5.74, 6) is 0.278. The zero-order chi connectivity index (χ0) is 10.9. The van der Waals surface area contributed by atoms with Gasteiger partial charge in [-0.3, -0.25) is 0 Å². The van der Waals surface area contributed by atoms with Crippen LogP contribution in [0.3, 0.4) is 0 Å². The summed E-state index contributed by atoms with van der Waals surface area (Å²) in [6, 6.07) is 2.90. The fraction of sp³-hybridized carbons (Fsp3) is 0.923. The van der Waals surface area contributed by atoms with E-state index < -0.39 is 0 Å². The van der Waals surface area contributed by atoms with Gasteiger partial charge in [-0.1, -0.05) is 39.0 Å². The van der Waals surface area contributed by atoms with Crippen LogP contribution in [0.15, 0.2) is 0 Å². The van der Waals surface area contributed by atoms with Crippen LogP contribution >= 0.6 is 0 Å². The molecule has 0 heterocycles. The maximum absolute atomic E-state index is 8.92. The van der Waals surface area contributed by atoms with Crippen LogP contribution in [-0.2, 0) is 0 Å². The molecular weight excluding hydrogens is 184 g/mol. The van der Waals surface area contributed by atoms with E-state index in [-0.39, 0.29) is 5.92 Å². The molecule has 2 atom stereocenters. The highest BCUT2D eigenvalue weighted by atomic mass is 14.9. The molecule has 86 valence electrons. The number of nitrogens with zero attached hydrogens (tertiary/aromatic N) is 1. The van der Waals surface area contributed by atoms with Crippen LogP contribution in [0.4, 0.5) is 0 Å². The third kappa shape index (κ3) is 4.66. The molecular formula is C13H24N2.